The third-order valence-corrected chi connectivity index (χ3v) is 4.25. The van der Waals surface area contributed by atoms with E-state index in [-0.39, 0.29) is 0 Å². The molecular formula is C16H25N3S. The summed E-state index contributed by atoms with van der Waals surface area (Å²) in [5.41, 5.74) is 8.89. The Morgan fingerprint density at radius 2 is 2.05 bits per heavy atom. The SMILES string of the molecule is CSCCCCCn1c(C(C)C)nc2cc(N)ccc21. The molecule has 110 valence electrons. The average Bonchev–Trinajstić information content (AvgIpc) is 2.76. The molecule has 2 aromatic rings. The van der Waals surface area contributed by atoms with Crippen molar-refractivity contribution >= 4 is 28.5 Å². The van der Waals surface area contributed by atoms with Gasteiger partial charge in [-0.1, -0.05) is 20.3 Å². The zero-order valence-electron chi connectivity index (χ0n) is 12.7. The van der Waals surface area contributed by atoms with E-state index in [2.05, 4.69) is 30.7 Å². The monoisotopic (exact) mass is 291 g/mol. The number of anilines is 1. The average molecular weight is 291 g/mol. The van der Waals surface area contributed by atoms with Crippen LogP contribution in [0.4, 0.5) is 5.69 Å². The summed E-state index contributed by atoms with van der Waals surface area (Å²) in [4.78, 5) is 4.77. The number of unbranched alkanes of at least 4 members (excludes halogenated alkanes) is 2. The van der Waals surface area contributed by atoms with E-state index < -0.39 is 0 Å². The molecule has 2 rings (SSSR count). The molecule has 0 radical (unpaired) electrons. The molecule has 0 atom stereocenters. The minimum atomic E-state index is 0.440. The van der Waals surface area contributed by atoms with Gasteiger partial charge in [0.15, 0.2) is 0 Å². The van der Waals surface area contributed by atoms with E-state index in [1.54, 1.807) is 0 Å². The third kappa shape index (κ3) is 3.48. The van der Waals surface area contributed by atoms with Gasteiger partial charge >= 0.3 is 0 Å². The van der Waals surface area contributed by atoms with Gasteiger partial charge in [-0.05, 0) is 43.0 Å². The number of hydrogen-bond donors (Lipinski definition) is 1. The van der Waals surface area contributed by atoms with E-state index in [1.165, 1.54) is 36.4 Å². The number of fused-ring (bicyclic) bond motifs is 1. The molecule has 0 saturated carbocycles. The standard InChI is InChI=1S/C16H25N3S/c1-12(2)16-18-14-11-13(17)7-8-15(14)19(16)9-5-4-6-10-20-3/h7-8,11-12H,4-6,9-10,17H2,1-3H3. The summed E-state index contributed by atoms with van der Waals surface area (Å²) in [6.45, 7) is 5.46. The Balaban J connectivity index is 2.18. The fraction of sp³-hybridized carbons (Fsp3) is 0.562. The van der Waals surface area contributed by atoms with E-state index in [1.807, 2.05) is 23.9 Å². The normalized spacial score (nSPS) is 11.6. The van der Waals surface area contributed by atoms with E-state index in [0.29, 0.717) is 5.92 Å². The van der Waals surface area contributed by atoms with Crippen LogP contribution in [0.1, 0.15) is 44.9 Å². The largest absolute Gasteiger partial charge is 0.399 e. The number of aromatic nitrogens is 2. The van der Waals surface area contributed by atoms with Crippen LogP contribution in [0.15, 0.2) is 18.2 Å². The first-order chi connectivity index (χ1) is 9.63. The number of nitrogens with two attached hydrogens (primary N) is 1. The highest BCUT2D eigenvalue weighted by molar-refractivity contribution is 7.98. The molecule has 0 amide bonds. The van der Waals surface area contributed by atoms with Crippen molar-refractivity contribution in [2.75, 3.05) is 17.7 Å². The zero-order chi connectivity index (χ0) is 14.5. The molecule has 0 saturated heterocycles. The highest BCUT2D eigenvalue weighted by atomic mass is 32.2. The summed E-state index contributed by atoms with van der Waals surface area (Å²) in [6, 6.07) is 6.05. The van der Waals surface area contributed by atoms with Crippen LogP contribution in [0.5, 0.6) is 0 Å². The summed E-state index contributed by atoms with van der Waals surface area (Å²) in [6.07, 6.45) is 5.98. The molecule has 0 aliphatic heterocycles. The molecular weight excluding hydrogens is 266 g/mol. The Morgan fingerprint density at radius 3 is 2.75 bits per heavy atom. The lowest BCUT2D eigenvalue weighted by atomic mass is 10.2. The first kappa shape index (κ1) is 15.2. The van der Waals surface area contributed by atoms with Gasteiger partial charge in [-0.15, -0.1) is 0 Å². The summed E-state index contributed by atoms with van der Waals surface area (Å²) >= 11 is 1.93. The smallest absolute Gasteiger partial charge is 0.112 e. The van der Waals surface area contributed by atoms with Crippen LogP contribution < -0.4 is 5.73 Å². The minimum absolute atomic E-state index is 0.440. The van der Waals surface area contributed by atoms with E-state index in [9.17, 15) is 0 Å². The number of thioether (sulfide) groups is 1. The Bertz CT molecular complexity index is 560. The molecule has 2 N–H and O–H groups in total. The fourth-order valence-corrected chi connectivity index (χ4v) is 3.03. The van der Waals surface area contributed by atoms with Crippen LogP contribution in [0.3, 0.4) is 0 Å². The predicted molar refractivity (Wildman–Crippen MR) is 90.5 cm³/mol. The van der Waals surface area contributed by atoms with Crippen molar-refractivity contribution in [3.8, 4) is 0 Å². The van der Waals surface area contributed by atoms with Crippen LogP contribution >= 0.6 is 11.8 Å². The molecule has 4 heteroatoms. The van der Waals surface area contributed by atoms with Crippen LogP contribution in [0.25, 0.3) is 11.0 Å². The van der Waals surface area contributed by atoms with Crippen LogP contribution in [0.2, 0.25) is 0 Å². The van der Waals surface area contributed by atoms with Gasteiger partial charge in [0.05, 0.1) is 11.0 Å². The Hall–Kier alpha value is -1.16. The number of rotatable bonds is 7. The second-order valence-corrected chi connectivity index (χ2v) is 6.56. The first-order valence-electron chi connectivity index (χ1n) is 7.38. The number of benzene rings is 1. The van der Waals surface area contributed by atoms with Crippen molar-refractivity contribution in [1.82, 2.24) is 9.55 Å². The molecule has 0 unspecified atom stereocenters. The zero-order valence-corrected chi connectivity index (χ0v) is 13.5. The maximum atomic E-state index is 5.86. The molecule has 3 nitrogen and oxygen atoms in total. The van der Waals surface area contributed by atoms with Gasteiger partial charge in [-0.25, -0.2) is 4.98 Å². The number of hydrogen-bond acceptors (Lipinski definition) is 3. The molecule has 0 fully saturated rings. The lowest BCUT2D eigenvalue weighted by Crippen LogP contribution is -2.05. The summed E-state index contributed by atoms with van der Waals surface area (Å²) in [5.74, 6) is 2.88. The summed E-state index contributed by atoms with van der Waals surface area (Å²) in [5, 5.41) is 0. The van der Waals surface area contributed by atoms with Crippen molar-refractivity contribution in [3.63, 3.8) is 0 Å². The van der Waals surface area contributed by atoms with Gasteiger partial charge < -0.3 is 10.3 Å². The van der Waals surface area contributed by atoms with Gasteiger partial charge in [0.1, 0.15) is 5.82 Å². The molecule has 0 aliphatic carbocycles. The number of aryl methyl sites for hydroxylation is 1. The lowest BCUT2D eigenvalue weighted by molar-refractivity contribution is 0.577. The highest BCUT2D eigenvalue weighted by Crippen LogP contribution is 2.24. The number of nitrogen functional groups attached to an aromatic ring is 1. The summed E-state index contributed by atoms with van der Waals surface area (Å²) < 4.78 is 2.37. The van der Waals surface area contributed by atoms with Crippen LogP contribution in [-0.2, 0) is 6.54 Å². The summed E-state index contributed by atoms with van der Waals surface area (Å²) in [7, 11) is 0. The van der Waals surface area contributed by atoms with Gasteiger partial charge in [0.2, 0.25) is 0 Å². The molecule has 1 aromatic carbocycles. The second kappa shape index (κ2) is 7.02. The third-order valence-electron chi connectivity index (χ3n) is 3.55. The quantitative estimate of drug-likeness (QED) is 0.612. The van der Waals surface area contributed by atoms with Gasteiger partial charge in [-0.2, -0.15) is 11.8 Å². The number of nitrogens with zero attached hydrogens (tertiary/aromatic N) is 2. The highest BCUT2D eigenvalue weighted by Gasteiger charge is 2.13. The Morgan fingerprint density at radius 1 is 1.25 bits per heavy atom. The molecule has 0 spiro atoms. The topological polar surface area (TPSA) is 43.8 Å². The van der Waals surface area contributed by atoms with Crippen molar-refractivity contribution in [2.45, 2.75) is 45.6 Å². The minimum Gasteiger partial charge on any atom is -0.399 e. The van der Waals surface area contributed by atoms with Crippen LogP contribution in [0, 0.1) is 0 Å². The van der Waals surface area contributed by atoms with Gasteiger partial charge in [0, 0.05) is 18.2 Å². The Labute approximate surface area is 125 Å². The Kier molecular flexibility index (Phi) is 5.35. The van der Waals surface area contributed by atoms with Crippen molar-refractivity contribution in [2.24, 2.45) is 0 Å². The predicted octanol–water partition coefficient (Wildman–Crippen LogP) is 4.28. The van der Waals surface area contributed by atoms with Crippen molar-refractivity contribution in [3.05, 3.63) is 24.0 Å². The molecule has 1 aromatic heterocycles. The molecule has 20 heavy (non-hydrogen) atoms. The van der Waals surface area contributed by atoms with E-state index in [4.69, 9.17) is 10.7 Å². The fourth-order valence-electron chi connectivity index (χ4n) is 2.53. The lowest BCUT2D eigenvalue weighted by Gasteiger charge is -2.11. The number of imidazole rings is 1. The van der Waals surface area contributed by atoms with E-state index >= 15 is 0 Å². The second-order valence-electron chi connectivity index (χ2n) is 5.58. The molecule has 0 aliphatic rings. The maximum absolute atomic E-state index is 5.86. The molecule has 0 bridgehead atoms. The van der Waals surface area contributed by atoms with E-state index in [0.717, 1.165) is 17.7 Å². The van der Waals surface area contributed by atoms with Crippen LogP contribution in [-0.4, -0.2) is 21.6 Å². The molecule has 1 heterocycles. The maximum Gasteiger partial charge on any atom is 0.112 e. The van der Waals surface area contributed by atoms with Crippen molar-refractivity contribution < 1.29 is 0 Å². The van der Waals surface area contributed by atoms with Gasteiger partial charge in [0.25, 0.3) is 0 Å². The van der Waals surface area contributed by atoms with Gasteiger partial charge in [-0.3, -0.25) is 0 Å². The first-order valence-corrected chi connectivity index (χ1v) is 8.77. The van der Waals surface area contributed by atoms with Crippen molar-refractivity contribution in [1.29, 1.82) is 0 Å².